The number of hydrogen-bond acceptors (Lipinski definition) is 3. The molecule has 2 rings (SSSR count). The Morgan fingerprint density at radius 1 is 1.41 bits per heavy atom. The highest BCUT2D eigenvalue weighted by Crippen LogP contribution is 2.21. The molecule has 3 nitrogen and oxygen atoms in total. The molecule has 1 heterocycles. The van der Waals surface area contributed by atoms with E-state index < -0.39 is 0 Å². The topological polar surface area (TPSA) is 39.1 Å². The highest BCUT2D eigenvalue weighted by Gasteiger charge is 2.25. The summed E-state index contributed by atoms with van der Waals surface area (Å²) in [6, 6.07) is 3.12. The van der Waals surface area contributed by atoms with Crippen molar-refractivity contribution in [3.05, 3.63) is 0 Å². The third-order valence-corrected chi connectivity index (χ3v) is 4.08. The van der Waals surface area contributed by atoms with Gasteiger partial charge < -0.3 is 4.90 Å². The van der Waals surface area contributed by atoms with Crippen LogP contribution in [0.15, 0.2) is 0 Å². The van der Waals surface area contributed by atoms with E-state index in [2.05, 4.69) is 23.2 Å². The van der Waals surface area contributed by atoms with E-state index in [9.17, 15) is 0 Å². The summed E-state index contributed by atoms with van der Waals surface area (Å²) in [7, 11) is 0. The zero-order valence-corrected chi connectivity index (χ0v) is 11.0. The Bertz CT molecular complexity index is 267. The number of nitriles is 1. The summed E-state index contributed by atoms with van der Waals surface area (Å²) in [6.07, 6.45) is 7.56. The van der Waals surface area contributed by atoms with Gasteiger partial charge in [0.15, 0.2) is 0 Å². The van der Waals surface area contributed by atoms with E-state index in [4.69, 9.17) is 5.26 Å². The molecule has 1 aliphatic carbocycles. The Hall–Kier alpha value is -0.590. The van der Waals surface area contributed by atoms with Gasteiger partial charge >= 0.3 is 0 Å². The second-order valence-electron chi connectivity index (χ2n) is 5.63. The zero-order valence-electron chi connectivity index (χ0n) is 11.0. The van der Waals surface area contributed by atoms with Gasteiger partial charge in [-0.15, -0.1) is 0 Å². The molecule has 0 aromatic heterocycles. The van der Waals surface area contributed by atoms with Crippen molar-refractivity contribution >= 4 is 0 Å². The number of hydrogen-bond donors (Lipinski definition) is 1. The molecule has 2 atom stereocenters. The monoisotopic (exact) mass is 235 g/mol. The number of piperidine rings is 1. The highest BCUT2D eigenvalue weighted by atomic mass is 15.1. The molecule has 0 bridgehead atoms. The van der Waals surface area contributed by atoms with Crippen LogP contribution in [0, 0.1) is 17.2 Å². The van der Waals surface area contributed by atoms with Gasteiger partial charge in [-0.3, -0.25) is 5.32 Å². The Kier molecular flexibility index (Phi) is 4.82. The first-order valence-electron chi connectivity index (χ1n) is 7.19. The Morgan fingerprint density at radius 3 is 2.88 bits per heavy atom. The maximum atomic E-state index is 9.10. The van der Waals surface area contributed by atoms with Crippen molar-refractivity contribution < 1.29 is 0 Å². The fourth-order valence-corrected chi connectivity index (χ4v) is 2.72. The van der Waals surface area contributed by atoms with Gasteiger partial charge in [0.25, 0.3) is 0 Å². The average Bonchev–Trinajstić information content (AvgIpc) is 3.18. The molecule has 1 N–H and O–H groups in total. The number of rotatable bonds is 6. The van der Waals surface area contributed by atoms with Crippen LogP contribution in [0.2, 0.25) is 0 Å². The van der Waals surface area contributed by atoms with Crippen molar-refractivity contribution in [3.63, 3.8) is 0 Å². The highest BCUT2D eigenvalue weighted by molar-refractivity contribution is 4.96. The van der Waals surface area contributed by atoms with Crippen LogP contribution >= 0.6 is 0 Å². The van der Waals surface area contributed by atoms with Gasteiger partial charge in [0.05, 0.1) is 12.1 Å². The third kappa shape index (κ3) is 4.29. The quantitative estimate of drug-likeness (QED) is 0.766. The van der Waals surface area contributed by atoms with Crippen molar-refractivity contribution in [2.45, 2.75) is 57.5 Å². The van der Waals surface area contributed by atoms with Gasteiger partial charge in [-0.2, -0.15) is 5.26 Å². The van der Waals surface area contributed by atoms with Crippen LogP contribution in [0.3, 0.4) is 0 Å². The predicted molar refractivity (Wildman–Crippen MR) is 69.6 cm³/mol. The summed E-state index contributed by atoms with van der Waals surface area (Å²) in [6.45, 7) is 5.87. The summed E-state index contributed by atoms with van der Waals surface area (Å²) in [5.74, 6) is 0.890. The second-order valence-corrected chi connectivity index (χ2v) is 5.63. The normalized spacial score (nSPS) is 27.6. The minimum atomic E-state index is 0.0736. The SMILES string of the molecule is CCC1CCCN(CCC(C#N)NC2CC2)C1. The first-order valence-corrected chi connectivity index (χ1v) is 7.19. The molecule has 96 valence electrons. The van der Waals surface area contributed by atoms with E-state index >= 15 is 0 Å². The van der Waals surface area contributed by atoms with Crippen molar-refractivity contribution in [2.75, 3.05) is 19.6 Å². The van der Waals surface area contributed by atoms with E-state index in [1.54, 1.807) is 0 Å². The predicted octanol–water partition coefficient (Wildman–Crippen LogP) is 2.14. The molecule has 2 fully saturated rings. The van der Waals surface area contributed by atoms with Gasteiger partial charge in [-0.1, -0.05) is 13.3 Å². The number of likely N-dealkylation sites (tertiary alicyclic amines) is 1. The molecule has 2 aliphatic rings. The smallest absolute Gasteiger partial charge is 0.0967 e. The van der Waals surface area contributed by atoms with E-state index in [1.807, 2.05) is 0 Å². The molecule has 1 aliphatic heterocycles. The zero-order chi connectivity index (χ0) is 12.1. The van der Waals surface area contributed by atoms with Gasteiger partial charge in [0.2, 0.25) is 0 Å². The number of nitrogens with one attached hydrogen (secondary N) is 1. The van der Waals surface area contributed by atoms with Crippen molar-refractivity contribution in [2.24, 2.45) is 5.92 Å². The van der Waals surface area contributed by atoms with Crippen LogP contribution in [0.1, 0.15) is 45.4 Å². The third-order valence-electron chi connectivity index (χ3n) is 4.08. The second kappa shape index (κ2) is 6.37. The standard InChI is InChI=1S/C14H25N3/c1-2-12-4-3-8-17(11-12)9-7-14(10-15)16-13-5-6-13/h12-14,16H,2-9,11H2,1H3. The van der Waals surface area contributed by atoms with Crippen LogP contribution in [0.25, 0.3) is 0 Å². The van der Waals surface area contributed by atoms with E-state index in [1.165, 1.54) is 45.2 Å². The van der Waals surface area contributed by atoms with Crippen molar-refractivity contribution in [1.29, 1.82) is 5.26 Å². The summed E-state index contributed by atoms with van der Waals surface area (Å²) in [5, 5.41) is 12.5. The minimum Gasteiger partial charge on any atom is -0.303 e. The van der Waals surface area contributed by atoms with Gasteiger partial charge in [0, 0.05) is 19.1 Å². The minimum absolute atomic E-state index is 0.0736. The van der Waals surface area contributed by atoms with Crippen LogP contribution in [0.5, 0.6) is 0 Å². The van der Waals surface area contributed by atoms with Gasteiger partial charge in [-0.05, 0) is 44.6 Å². The first-order chi connectivity index (χ1) is 8.31. The van der Waals surface area contributed by atoms with Crippen LogP contribution in [-0.2, 0) is 0 Å². The van der Waals surface area contributed by atoms with Gasteiger partial charge in [0.1, 0.15) is 0 Å². The first kappa shape index (κ1) is 12.9. The summed E-state index contributed by atoms with van der Waals surface area (Å²) in [4.78, 5) is 2.55. The molecule has 0 aromatic rings. The van der Waals surface area contributed by atoms with Crippen LogP contribution < -0.4 is 5.32 Å². The van der Waals surface area contributed by atoms with Crippen LogP contribution in [-0.4, -0.2) is 36.6 Å². The fourth-order valence-electron chi connectivity index (χ4n) is 2.72. The van der Waals surface area contributed by atoms with E-state index in [0.717, 1.165) is 18.9 Å². The number of nitrogens with zero attached hydrogens (tertiary/aromatic N) is 2. The molecular formula is C14H25N3. The molecule has 0 amide bonds. The largest absolute Gasteiger partial charge is 0.303 e. The molecule has 1 saturated carbocycles. The maximum absolute atomic E-state index is 9.10. The molecule has 0 aromatic carbocycles. The van der Waals surface area contributed by atoms with Gasteiger partial charge in [-0.25, -0.2) is 0 Å². The Morgan fingerprint density at radius 2 is 2.24 bits per heavy atom. The lowest BCUT2D eigenvalue weighted by molar-refractivity contribution is 0.167. The van der Waals surface area contributed by atoms with Crippen molar-refractivity contribution in [3.8, 4) is 6.07 Å². The van der Waals surface area contributed by atoms with E-state index in [0.29, 0.717) is 6.04 Å². The lowest BCUT2D eigenvalue weighted by Crippen LogP contribution is -2.39. The molecule has 0 radical (unpaired) electrons. The Balaban J connectivity index is 1.67. The molecule has 2 unspecified atom stereocenters. The molecular weight excluding hydrogens is 210 g/mol. The lowest BCUT2D eigenvalue weighted by Gasteiger charge is -2.32. The summed E-state index contributed by atoms with van der Waals surface area (Å²) < 4.78 is 0. The summed E-state index contributed by atoms with van der Waals surface area (Å²) >= 11 is 0. The molecule has 1 saturated heterocycles. The van der Waals surface area contributed by atoms with Crippen LogP contribution in [0.4, 0.5) is 0 Å². The molecule has 3 heteroatoms. The van der Waals surface area contributed by atoms with Crippen molar-refractivity contribution in [1.82, 2.24) is 10.2 Å². The summed E-state index contributed by atoms with van der Waals surface area (Å²) in [5.41, 5.74) is 0. The van der Waals surface area contributed by atoms with E-state index in [-0.39, 0.29) is 6.04 Å². The Labute approximate surface area is 105 Å². The molecule has 17 heavy (non-hydrogen) atoms. The maximum Gasteiger partial charge on any atom is 0.0967 e. The lowest BCUT2D eigenvalue weighted by atomic mass is 9.95. The fraction of sp³-hybridized carbons (Fsp3) is 0.929. The average molecular weight is 235 g/mol. The molecule has 0 spiro atoms.